The minimum Gasteiger partial charge on any atom is -0.478 e. The highest BCUT2D eigenvalue weighted by Crippen LogP contribution is 2.21. The Bertz CT molecular complexity index is 540. The summed E-state index contributed by atoms with van der Waals surface area (Å²) in [6.45, 7) is 3.38. The van der Waals surface area contributed by atoms with Crippen LogP contribution in [0.2, 0.25) is 0 Å². The Morgan fingerprint density at radius 1 is 1.14 bits per heavy atom. The maximum absolute atomic E-state index is 11.8. The molecule has 6 heteroatoms. The molecule has 0 aliphatic rings. The molecule has 0 fully saturated rings. The van der Waals surface area contributed by atoms with E-state index in [0.717, 1.165) is 19.3 Å². The summed E-state index contributed by atoms with van der Waals surface area (Å²) >= 11 is 0. The van der Waals surface area contributed by atoms with Crippen molar-refractivity contribution in [3.8, 4) is 0 Å². The molecule has 1 aromatic carbocycles. The molecule has 21 heavy (non-hydrogen) atoms. The summed E-state index contributed by atoms with van der Waals surface area (Å²) in [5, 5.41) is 14.3. The number of nitrogens with one attached hydrogen (secondary N) is 2. The molecule has 0 aromatic heterocycles. The zero-order chi connectivity index (χ0) is 15.8. The van der Waals surface area contributed by atoms with Gasteiger partial charge in [0, 0.05) is 19.0 Å². The maximum Gasteiger partial charge on any atom is 0.337 e. The second-order valence-electron chi connectivity index (χ2n) is 4.75. The molecular formula is C15H20N2O4. The number of rotatable bonds is 7. The Balaban J connectivity index is 2.83. The Kier molecular flexibility index (Phi) is 6.39. The van der Waals surface area contributed by atoms with Crippen molar-refractivity contribution in [2.24, 2.45) is 0 Å². The molecule has 0 radical (unpaired) electrons. The van der Waals surface area contributed by atoms with Gasteiger partial charge in [-0.3, -0.25) is 9.59 Å². The van der Waals surface area contributed by atoms with Gasteiger partial charge < -0.3 is 15.7 Å². The van der Waals surface area contributed by atoms with Crippen molar-refractivity contribution in [2.75, 3.05) is 10.6 Å². The molecule has 1 rings (SSSR count). The number of amides is 2. The van der Waals surface area contributed by atoms with E-state index < -0.39 is 5.97 Å². The Hall–Kier alpha value is -2.37. The molecule has 0 saturated carbocycles. The lowest BCUT2D eigenvalue weighted by atomic mass is 10.1. The first-order valence-electron chi connectivity index (χ1n) is 6.88. The van der Waals surface area contributed by atoms with Crippen LogP contribution in [0, 0.1) is 0 Å². The summed E-state index contributed by atoms with van der Waals surface area (Å²) in [7, 11) is 0. The van der Waals surface area contributed by atoms with Crippen LogP contribution in [0.3, 0.4) is 0 Å². The first kappa shape index (κ1) is 16.7. The second-order valence-corrected chi connectivity index (χ2v) is 4.75. The van der Waals surface area contributed by atoms with Crippen LogP contribution in [-0.4, -0.2) is 22.9 Å². The van der Waals surface area contributed by atoms with Crippen LogP contribution >= 0.6 is 0 Å². The predicted molar refractivity (Wildman–Crippen MR) is 80.5 cm³/mol. The van der Waals surface area contributed by atoms with Gasteiger partial charge in [-0.2, -0.15) is 0 Å². The molecule has 6 nitrogen and oxygen atoms in total. The smallest absolute Gasteiger partial charge is 0.337 e. The summed E-state index contributed by atoms with van der Waals surface area (Å²) in [5.74, 6) is -1.66. The van der Waals surface area contributed by atoms with Crippen molar-refractivity contribution < 1.29 is 19.5 Å². The Morgan fingerprint density at radius 2 is 1.86 bits per heavy atom. The molecule has 2 amide bonds. The van der Waals surface area contributed by atoms with Crippen LogP contribution in [-0.2, 0) is 9.59 Å². The standard InChI is InChI=1S/C15H20N2O4/c1-3-4-5-6-14(19)17-13-8-7-11(16-10(2)18)9-12(13)15(20)21/h7-9H,3-6H2,1-2H3,(H,16,18)(H,17,19)(H,20,21). The van der Waals surface area contributed by atoms with Gasteiger partial charge in [0.15, 0.2) is 0 Å². The third-order valence-corrected chi connectivity index (χ3v) is 2.85. The van der Waals surface area contributed by atoms with Crippen LogP contribution < -0.4 is 10.6 Å². The molecule has 0 saturated heterocycles. The fraction of sp³-hybridized carbons (Fsp3) is 0.400. The van der Waals surface area contributed by atoms with Crippen LogP contribution in [0.4, 0.5) is 11.4 Å². The van der Waals surface area contributed by atoms with Crippen LogP contribution in [0.25, 0.3) is 0 Å². The van der Waals surface area contributed by atoms with Gasteiger partial charge in [0.2, 0.25) is 11.8 Å². The van der Waals surface area contributed by atoms with E-state index in [1.165, 1.54) is 19.1 Å². The minimum atomic E-state index is -1.16. The highest BCUT2D eigenvalue weighted by Gasteiger charge is 2.13. The van der Waals surface area contributed by atoms with E-state index >= 15 is 0 Å². The third-order valence-electron chi connectivity index (χ3n) is 2.85. The highest BCUT2D eigenvalue weighted by atomic mass is 16.4. The monoisotopic (exact) mass is 292 g/mol. The van der Waals surface area contributed by atoms with E-state index in [2.05, 4.69) is 10.6 Å². The van der Waals surface area contributed by atoms with E-state index in [-0.39, 0.29) is 23.1 Å². The lowest BCUT2D eigenvalue weighted by molar-refractivity contribution is -0.116. The SMILES string of the molecule is CCCCCC(=O)Nc1ccc(NC(C)=O)cc1C(=O)O. The highest BCUT2D eigenvalue weighted by molar-refractivity contribution is 6.02. The van der Waals surface area contributed by atoms with Crippen LogP contribution in [0.1, 0.15) is 49.9 Å². The summed E-state index contributed by atoms with van der Waals surface area (Å²) in [6.07, 6.45) is 3.11. The molecular weight excluding hydrogens is 272 g/mol. The molecule has 0 aliphatic heterocycles. The van der Waals surface area contributed by atoms with Crippen molar-refractivity contribution in [1.82, 2.24) is 0 Å². The first-order chi connectivity index (χ1) is 9.93. The topological polar surface area (TPSA) is 95.5 Å². The molecule has 0 heterocycles. The lowest BCUT2D eigenvalue weighted by Gasteiger charge is -2.10. The van der Waals surface area contributed by atoms with Crippen molar-refractivity contribution in [3.63, 3.8) is 0 Å². The number of aromatic carboxylic acids is 1. The summed E-state index contributed by atoms with van der Waals surface area (Å²) in [4.78, 5) is 34.0. The number of anilines is 2. The van der Waals surface area contributed by atoms with Crippen molar-refractivity contribution in [1.29, 1.82) is 0 Å². The summed E-state index contributed by atoms with van der Waals surface area (Å²) < 4.78 is 0. The normalized spacial score (nSPS) is 10.0. The predicted octanol–water partition coefficient (Wildman–Crippen LogP) is 2.86. The third kappa shape index (κ3) is 5.64. The molecule has 0 aliphatic carbocycles. The molecule has 0 bridgehead atoms. The molecule has 0 spiro atoms. The number of hydrogen-bond donors (Lipinski definition) is 3. The molecule has 0 atom stereocenters. The molecule has 114 valence electrons. The zero-order valence-corrected chi connectivity index (χ0v) is 12.2. The number of carboxylic acids is 1. The van der Waals surface area contributed by atoms with Crippen molar-refractivity contribution >= 4 is 29.2 Å². The Labute approximate surface area is 123 Å². The summed E-state index contributed by atoms with van der Waals surface area (Å²) in [5.41, 5.74) is 0.562. The van der Waals surface area contributed by atoms with Crippen molar-refractivity contribution in [2.45, 2.75) is 39.5 Å². The zero-order valence-electron chi connectivity index (χ0n) is 12.2. The van der Waals surface area contributed by atoms with Crippen LogP contribution in [0.15, 0.2) is 18.2 Å². The van der Waals surface area contributed by atoms with Gasteiger partial charge >= 0.3 is 5.97 Å². The van der Waals surface area contributed by atoms with E-state index in [1.807, 2.05) is 6.92 Å². The fourth-order valence-corrected chi connectivity index (χ4v) is 1.86. The number of carboxylic acid groups (broad SMARTS) is 1. The minimum absolute atomic E-state index is 0.0508. The number of carbonyl (C=O) groups is 3. The Morgan fingerprint density at radius 3 is 2.43 bits per heavy atom. The quantitative estimate of drug-likeness (QED) is 0.673. The molecule has 0 unspecified atom stereocenters. The van der Waals surface area contributed by atoms with Crippen molar-refractivity contribution in [3.05, 3.63) is 23.8 Å². The summed E-state index contributed by atoms with van der Waals surface area (Å²) in [6, 6.07) is 4.35. The van der Waals surface area contributed by atoms with Gasteiger partial charge in [0.1, 0.15) is 0 Å². The average molecular weight is 292 g/mol. The average Bonchev–Trinajstić information content (AvgIpc) is 2.40. The number of hydrogen-bond acceptors (Lipinski definition) is 3. The van der Waals surface area contributed by atoms with E-state index in [1.54, 1.807) is 6.07 Å². The van der Waals surface area contributed by atoms with Gasteiger partial charge in [-0.05, 0) is 24.6 Å². The van der Waals surface area contributed by atoms with Gasteiger partial charge in [-0.25, -0.2) is 4.79 Å². The van der Waals surface area contributed by atoms with E-state index in [4.69, 9.17) is 0 Å². The van der Waals surface area contributed by atoms with Gasteiger partial charge in [0.05, 0.1) is 11.3 Å². The largest absolute Gasteiger partial charge is 0.478 e. The fourth-order valence-electron chi connectivity index (χ4n) is 1.86. The lowest BCUT2D eigenvalue weighted by Crippen LogP contribution is -2.15. The second kappa shape index (κ2) is 8.04. The van der Waals surface area contributed by atoms with Crippen LogP contribution in [0.5, 0.6) is 0 Å². The van der Waals surface area contributed by atoms with Gasteiger partial charge in [-0.1, -0.05) is 19.8 Å². The van der Waals surface area contributed by atoms with Gasteiger partial charge in [0.25, 0.3) is 0 Å². The number of benzene rings is 1. The van der Waals surface area contributed by atoms with E-state index in [0.29, 0.717) is 12.1 Å². The van der Waals surface area contributed by atoms with E-state index in [9.17, 15) is 19.5 Å². The molecule has 3 N–H and O–H groups in total. The molecule has 1 aromatic rings. The number of carbonyl (C=O) groups excluding carboxylic acids is 2. The van der Waals surface area contributed by atoms with Gasteiger partial charge in [-0.15, -0.1) is 0 Å². The first-order valence-corrected chi connectivity index (χ1v) is 6.88. The number of unbranched alkanes of at least 4 members (excludes halogenated alkanes) is 2. The maximum atomic E-state index is 11.8.